The number of anilines is 1. The average molecular weight is 250 g/mol. The van der Waals surface area contributed by atoms with E-state index in [1.165, 1.54) is 12.1 Å². The van der Waals surface area contributed by atoms with Crippen LogP contribution in [0.4, 0.5) is 10.1 Å². The Morgan fingerprint density at radius 3 is 2.53 bits per heavy atom. The van der Waals surface area contributed by atoms with Crippen molar-refractivity contribution in [2.24, 2.45) is 0 Å². The topological polar surface area (TPSA) is 35.8 Å². The van der Waals surface area contributed by atoms with Crippen molar-refractivity contribution in [3.63, 3.8) is 0 Å². The lowest BCUT2D eigenvalue weighted by Gasteiger charge is -2.09. The molecule has 0 amide bonds. The van der Waals surface area contributed by atoms with Crippen LogP contribution in [0.15, 0.2) is 54.1 Å². The Kier molecular flexibility index (Phi) is 2.77. The van der Waals surface area contributed by atoms with E-state index in [1.54, 1.807) is 12.1 Å². The van der Waals surface area contributed by atoms with Gasteiger partial charge in [-0.05, 0) is 29.8 Å². The van der Waals surface area contributed by atoms with Crippen LogP contribution in [-0.4, -0.2) is 0 Å². The zero-order valence-electron chi connectivity index (χ0n) is 10.2. The molecule has 0 unspecified atom stereocenters. The Morgan fingerprint density at radius 2 is 1.79 bits per heavy atom. The number of allylic oxidation sites excluding steroid dienone is 1. The third-order valence-electron chi connectivity index (χ3n) is 3.20. The number of hydrogen-bond acceptors (Lipinski definition) is 2. The van der Waals surface area contributed by atoms with Crippen LogP contribution in [0.5, 0.6) is 0 Å². The first-order valence-corrected chi connectivity index (χ1v) is 6.02. The summed E-state index contributed by atoms with van der Waals surface area (Å²) >= 11 is 0. The summed E-state index contributed by atoms with van der Waals surface area (Å²) in [5.41, 5.74) is 4.50. The average Bonchev–Trinajstić information content (AvgIpc) is 2.79. The van der Waals surface area contributed by atoms with Crippen molar-refractivity contribution in [1.82, 2.24) is 0 Å². The molecule has 19 heavy (non-hydrogen) atoms. The molecule has 1 N–H and O–H groups in total. The highest BCUT2D eigenvalue weighted by Crippen LogP contribution is 2.33. The van der Waals surface area contributed by atoms with Crippen LogP contribution >= 0.6 is 0 Å². The zero-order chi connectivity index (χ0) is 13.2. The molecule has 3 rings (SSSR count). The van der Waals surface area contributed by atoms with Gasteiger partial charge in [-0.1, -0.05) is 24.3 Å². The maximum Gasteiger partial charge on any atom is 0.123 e. The van der Waals surface area contributed by atoms with Gasteiger partial charge in [-0.2, -0.15) is 5.26 Å². The molecular formula is C16H11FN2. The van der Waals surface area contributed by atoms with E-state index in [0.717, 1.165) is 22.5 Å². The van der Waals surface area contributed by atoms with E-state index < -0.39 is 0 Å². The summed E-state index contributed by atoms with van der Waals surface area (Å²) in [6, 6.07) is 16.3. The predicted molar refractivity (Wildman–Crippen MR) is 72.7 cm³/mol. The van der Waals surface area contributed by atoms with E-state index in [9.17, 15) is 9.65 Å². The highest BCUT2D eigenvalue weighted by molar-refractivity contribution is 5.86. The summed E-state index contributed by atoms with van der Waals surface area (Å²) in [6.07, 6.45) is 0.649. The summed E-state index contributed by atoms with van der Waals surface area (Å²) < 4.78 is 12.9. The van der Waals surface area contributed by atoms with Crippen molar-refractivity contribution in [2.75, 3.05) is 5.32 Å². The Morgan fingerprint density at radius 1 is 1.05 bits per heavy atom. The molecule has 0 saturated heterocycles. The van der Waals surface area contributed by atoms with Gasteiger partial charge in [-0.15, -0.1) is 0 Å². The minimum absolute atomic E-state index is 0.271. The molecule has 0 fully saturated rings. The van der Waals surface area contributed by atoms with Crippen LogP contribution in [0.3, 0.4) is 0 Å². The molecule has 0 atom stereocenters. The first-order valence-electron chi connectivity index (χ1n) is 6.02. The van der Waals surface area contributed by atoms with Crippen LogP contribution in [-0.2, 0) is 6.42 Å². The number of rotatable bonds is 2. The molecule has 0 saturated carbocycles. The van der Waals surface area contributed by atoms with Gasteiger partial charge in [-0.25, -0.2) is 4.39 Å². The second-order valence-corrected chi connectivity index (χ2v) is 4.43. The standard InChI is InChI=1S/C16H11FN2/c17-13-5-7-14(8-6-13)19-16-12(10-18)9-11-3-1-2-4-15(11)16/h1-8,19H,9H2. The highest BCUT2D eigenvalue weighted by Gasteiger charge is 2.20. The summed E-state index contributed by atoms with van der Waals surface area (Å²) in [7, 11) is 0. The van der Waals surface area contributed by atoms with Crippen molar-refractivity contribution in [3.8, 4) is 6.07 Å². The SMILES string of the molecule is N#CC1=C(Nc2ccc(F)cc2)c2ccccc2C1. The summed E-state index contributed by atoms with van der Waals surface area (Å²) in [4.78, 5) is 0. The molecular weight excluding hydrogens is 239 g/mol. The Labute approximate surface area is 110 Å². The number of fused-ring (bicyclic) bond motifs is 1. The third kappa shape index (κ3) is 2.09. The van der Waals surface area contributed by atoms with Gasteiger partial charge in [0, 0.05) is 17.7 Å². The first-order chi connectivity index (χ1) is 9.28. The van der Waals surface area contributed by atoms with E-state index in [2.05, 4.69) is 11.4 Å². The van der Waals surface area contributed by atoms with Crippen molar-refractivity contribution < 1.29 is 4.39 Å². The molecule has 2 aromatic carbocycles. The van der Waals surface area contributed by atoms with Crippen molar-refractivity contribution in [1.29, 1.82) is 5.26 Å². The summed E-state index contributed by atoms with van der Waals surface area (Å²) in [5.74, 6) is -0.271. The molecule has 0 bridgehead atoms. The fraction of sp³-hybridized carbons (Fsp3) is 0.0625. The number of halogens is 1. The van der Waals surface area contributed by atoms with Crippen molar-refractivity contribution in [2.45, 2.75) is 6.42 Å². The Hall–Kier alpha value is -2.60. The molecule has 1 aliphatic rings. The lowest BCUT2D eigenvalue weighted by molar-refractivity contribution is 0.628. The van der Waals surface area contributed by atoms with Gasteiger partial charge < -0.3 is 5.32 Å². The lowest BCUT2D eigenvalue weighted by atomic mass is 10.1. The van der Waals surface area contributed by atoms with E-state index >= 15 is 0 Å². The smallest absolute Gasteiger partial charge is 0.123 e. The molecule has 0 aromatic heterocycles. The lowest BCUT2D eigenvalue weighted by Crippen LogP contribution is -1.98. The molecule has 3 heteroatoms. The number of nitrogens with one attached hydrogen (secondary N) is 1. The largest absolute Gasteiger partial charge is 0.354 e. The summed E-state index contributed by atoms with van der Waals surface area (Å²) in [5, 5.41) is 12.4. The number of nitrogens with zero attached hydrogens (tertiary/aromatic N) is 1. The zero-order valence-corrected chi connectivity index (χ0v) is 10.2. The van der Waals surface area contributed by atoms with Gasteiger partial charge in [0.1, 0.15) is 5.82 Å². The van der Waals surface area contributed by atoms with Crippen LogP contribution in [0, 0.1) is 17.1 Å². The fourth-order valence-corrected chi connectivity index (χ4v) is 2.28. The fourth-order valence-electron chi connectivity index (χ4n) is 2.28. The Bertz CT molecular complexity index is 693. The Balaban J connectivity index is 1.99. The minimum atomic E-state index is -0.271. The van der Waals surface area contributed by atoms with Crippen molar-refractivity contribution in [3.05, 3.63) is 71.0 Å². The molecule has 2 aromatic rings. The quantitative estimate of drug-likeness (QED) is 0.881. The molecule has 0 heterocycles. The minimum Gasteiger partial charge on any atom is -0.354 e. The van der Waals surface area contributed by atoms with Gasteiger partial charge in [0.05, 0.1) is 17.3 Å². The molecule has 0 aliphatic heterocycles. The predicted octanol–water partition coefficient (Wildman–Crippen LogP) is 3.73. The van der Waals surface area contributed by atoms with E-state index in [-0.39, 0.29) is 5.82 Å². The number of benzene rings is 2. The monoisotopic (exact) mass is 250 g/mol. The first kappa shape index (κ1) is 11.5. The van der Waals surface area contributed by atoms with Crippen molar-refractivity contribution >= 4 is 11.4 Å². The van der Waals surface area contributed by atoms with E-state index in [4.69, 9.17) is 0 Å². The van der Waals surface area contributed by atoms with E-state index in [0.29, 0.717) is 12.0 Å². The van der Waals surface area contributed by atoms with E-state index in [1.807, 2.05) is 24.3 Å². The van der Waals surface area contributed by atoms with Crippen LogP contribution in [0.1, 0.15) is 11.1 Å². The van der Waals surface area contributed by atoms with Gasteiger partial charge in [0.25, 0.3) is 0 Å². The molecule has 2 nitrogen and oxygen atoms in total. The van der Waals surface area contributed by atoms with Gasteiger partial charge in [0.15, 0.2) is 0 Å². The summed E-state index contributed by atoms with van der Waals surface area (Å²) in [6.45, 7) is 0. The van der Waals surface area contributed by atoms with Crippen LogP contribution in [0.2, 0.25) is 0 Å². The number of nitriles is 1. The molecule has 1 aliphatic carbocycles. The third-order valence-corrected chi connectivity index (χ3v) is 3.20. The normalized spacial score (nSPS) is 13.1. The molecule has 0 spiro atoms. The maximum absolute atomic E-state index is 12.9. The highest BCUT2D eigenvalue weighted by atomic mass is 19.1. The van der Waals surface area contributed by atoms with Gasteiger partial charge in [-0.3, -0.25) is 0 Å². The van der Waals surface area contributed by atoms with Crippen LogP contribution < -0.4 is 5.32 Å². The maximum atomic E-state index is 12.9. The molecule has 0 radical (unpaired) electrons. The number of hydrogen-bond donors (Lipinski definition) is 1. The van der Waals surface area contributed by atoms with Gasteiger partial charge in [0.2, 0.25) is 0 Å². The second-order valence-electron chi connectivity index (χ2n) is 4.43. The second kappa shape index (κ2) is 4.58. The molecule has 92 valence electrons. The van der Waals surface area contributed by atoms with Gasteiger partial charge >= 0.3 is 0 Å². The van der Waals surface area contributed by atoms with Crippen LogP contribution in [0.25, 0.3) is 5.70 Å².